The highest BCUT2D eigenvalue weighted by atomic mass is 32.1. The SMILES string of the molecule is CCCC1CC1NC(=NCc1ncc(CC)s1)NCC. The first-order chi connectivity index (χ1) is 9.76. The van der Waals surface area contributed by atoms with Crippen molar-refractivity contribution in [3.63, 3.8) is 0 Å². The van der Waals surface area contributed by atoms with E-state index in [-0.39, 0.29) is 0 Å². The molecule has 2 rings (SSSR count). The van der Waals surface area contributed by atoms with E-state index < -0.39 is 0 Å². The molecule has 1 heterocycles. The monoisotopic (exact) mass is 294 g/mol. The molecule has 0 spiro atoms. The molecule has 0 aromatic carbocycles. The molecule has 2 unspecified atom stereocenters. The van der Waals surface area contributed by atoms with Crippen molar-refractivity contribution >= 4 is 17.3 Å². The van der Waals surface area contributed by atoms with Crippen LogP contribution in [-0.4, -0.2) is 23.5 Å². The van der Waals surface area contributed by atoms with Crippen LogP contribution in [0.4, 0.5) is 0 Å². The number of nitrogens with one attached hydrogen (secondary N) is 2. The Hall–Kier alpha value is -1.10. The molecule has 0 bridgehead atoms. The Kier molecular flexibility index (Phi) is 5.83. The van der Waals surface area contributed by atoms with Crippen molar-refractivity contribution in [3.05, 3.63) is 16.1 Å². The quantitative estimate of drug-likeness (QED) is 0.600. The number of nitrogens with zero attached hydrogens (tertiary/aromatic N) is 2. The second-order valence-corrected chi connectivity index (χ2v) is 6.50. The summed E-state index contributed by atoms with van der Waals surface area (Å²) in [6.45, 7) is 8.09. The van der Waals surface area contributed by atoms with E-state index in [0.717, 1.165) is 29.9 Å². The number of hydrogen-bond donors (Lipinski definition) is 2. The van der Waals surface area contributed by atoms with E-state index in [2.05, 4.69) is 41.4 Å². The maximum atomic E-state index is 4.65. The van der Waals surface area contributed by atoms with Crippen LogP contribution in [-0.2, 0) is 13.0 Å². The van der Waals surface area contributed by atoms with Gasteiger partial charge in [0.1, 0.15) is 5.01 Å². The summed E-state index contributed by atoms with van der Waals surface area (Å²) in [7, 11) is 0. The summed E-state index contributed by atoms with van der Waals surface area (Å²) < 4.78 is 0. The van der Waals surface area contributed by atoms with Crippen molar-refractivity contribution in [2.45, 2.75) is 59.0 Å². The summed E-state index contributed by atoms with van der Waals surface area (Å²) in [4.78, 5) is 10.4. The lowest BCUT2D eigenvalue weighted by molar-refractivity contribution is 0.655. The fourth-order valence-corrected chi connectivity index (χ4v) is 3.13. The van der Waals surface area contributed by atoms with Crippen LogP contribution >= 0.6 is 11.3 Å². The van der Waals surface area contributed by atoms with Gasteiger partial charge in [0.25, 0.3) is 0 Å². The average molecular weight is 294 g/mol. The molecule has 20 heavy (non-hydrogen) atoms. The average Bonchev–Trinajstić information content (AvgIpc) is 3.01. The summed E-state index contributed by atoms with van der Waals surface area (Å²) in [5, 5.41) is 7.95. The molecule has 0 radical (unpaired) electrons. The van der Waals surface area contributed by atoms with Crippen LogP contribution in [0.1, 0.15) is 49.9 Å². The Labute approximate surface area is 126 Å². The van der Waals surface area contributed by atoms with Crippen LogP contribution in [0.3, 0.4) is 0 Å². The zero-order valence-corrected chi connectivity index (χ0v) is 13.6. The zero-order chi connectivity index (χ0) is 14.4. The second-order valence-electron chi connectivity index (χ2n) is 5.30. The van der Waals surface area contributed by atoms with E-state index in [1.807, 2.05) is 6.20 Å². The molecule has 1 saturated carbocycles. The van der Waals surface area contributed by atoms with Crippen molar-refractivity contribution < 1.29 is 0 Å². The summed E-state index contributed by atoms with van der Waals surface area (Å²) in [6.07, 6.45) is 6.91. The molecule has 0 saturated heterocycles. The van der Waals surface area contributed by atoms with Crippen molar-refractivity contribution in [2.24, 2.45) is 10.9 Å². The molecule has 2 atom stereocenters. The Morgan fingerprint density at radius 3 is 2.95 bits per heavy atom. The van der Waals surface area contributed by atoms with Crippen LogP contribution < -0.4 is 10.6 Å². The minimum atomic E-state index is 0.621. The molecule has 1 aliphatic carbocycles. The van der Waals surface area contributed by atoms with E-state index in [0.29, 0.717) is 12.6 Å². The minimum absolute atomic E-state index is 0.621. The second kappa shape index (κ2) is 7.62. The Morgan fingerprint density at radius 2 is 2.30 bits per heavy atom. The maximum Gasteiger partial charge on any atom is 0.191 e. The molecule has 112 valence electrons. The summed E-state index contributed by atoms with van der Waals surface area (Å²) in [5.41, 5.74) is 0. The van der Waals surface area contributed by atoms with E-state index in [1.54, 1.807) is 11.3 Å². The summed E-state index contributed by atoms with van der Waals surface area (Å²) in [6, 6.07) is 0.621. The Balaban J connectivity index is 1.85. The number of rotatable bonds is 7. The van der Waals surface area contributed by atoms with Gasteiger partial charge in [-0.25, -0.2) is 9.98 Å². The van der Waals surface area contributed by atoms with Gasteiger partial charge in [0.15, 0.2) is 5.96 Å². The van der Waals surface area contributed by atoms with Crippen LogP contribution in [0.2, 0.25) is 0 Å². The van der Waals surface area contributed by atoms with Gasteiger partial charge in [-0.1, -0.05) is 20.3 Å². The van der Waals surface area contributed by atoms with Gasteiger partial charge in [-0.05, 0) is 32.1 Å². The van der Waals surface area contributed by atoms with Gasteiger partial charge in [0.2, 0.25) is 0 Å². The largest absolute Gasteiger partial charge is 0.357 e. The van der Waals surface area contributed by atoms with E-state index >= 15 is 0 Å². The van der Waals surface area contributed by atoms with Gasteiger partial charge in [0.05, 0.1) is 6.54 Å². The molecule has 1 aromatic rings. The highest BCUT2D eigenvalue weighted by molar-refractivity contribution is 7.11. The third-order valence-corrected chi connectivity index (χ3v) is 4.70. The van der Waals surface area contributed by atoms with Crippen LogP contribution in [0.15, 0.2) is 11.2 Å². The fourth-order valence-electron chi connectivity index (χ4n) is 2.34. The Morgan fingerprint density at radius 1 is 1.45 bits per heavy atom. The lowest BCUT2D eigenvalue weighted by Gasteiger charge is -2.10. The summed E-state index contributed by atoms with van der Waals surface area (Å²) >= 11 is 1.76. The smallest absolute Gasteiger partial charge is 0.191 e. The number of aliphatic imine (C=N–C) groups is 1. The first-order valence-electron chi connectivity index (χ1n) is 7.75. The first kappa shape index (κ1) is 15.3. The van der Waals surface area contributed by atoms with Crippen LogP contribution in [0.5, 0.6) is 0 Å². The third kappa shape index (κ3) is 4.47. The van der Waals surface area contributed by atoms with Gasteiger partial charge < -0.3 is 10.6 Å². The molecular weight excluding hydrogens is 268 g/mol. The minimum Gasteiger partial charge on any atom is -0.357 e. The van der Waals surface area contributed by atoms with Gasteiger partial charge in [-0.2, -0.15) is 0 Å². The van der Waals surface area contributed by atoms with E-state index in [1.165, 1.54) is 24.1 Å². The van der Waals surface area contributed by atoms with Crippen LogP contribution in [0.25, 0.3) is 0 Å². The molecule has 5 heteroatoms. The fraction of sp³-hybridized carbons (Fsp3) is 0.733. The maximum absolute atomic E-state index is 4.65. The van der Waals surface area contributed by atoms with Gasteiger partial charge >= 0.3 is 0 Å². The standard InChI is InChI=1S/C15H26N4S/c1-4-7-11-8-13(11)19-15(16-6-3)18-10-14-17-9-12(5-2)20-14/h9,11,13H,4-8,10H2,1-3H3,(H2,16,18,19). The third-order valence-electron chi connectivity index (χ3n) is 3.57. The number of hydrogen-bond acceptors (Lipinski definition) is 3. The highest BCUT2D eigenvalue weighted by Crippen LogP contribution is 2.34. The molecule has 4 nitrogen and oxygen atoms in total. The number of thiazole rings is 1. The Bertz CT molecular complexity index is 441. The molecule has 1 aromatic heterocycles. The van der Waals surface area contributed by atoms with E-state index in [4.69, 9.17) is 0 Å². The number of aromatic nitrogens is 1. The predicted octanol–water partition coefficient (Wildman–Crippen LogP) is 2.95. The van der Waals surface area contributed by atoms with Crippen molar-refractivity contribution in [3.8, 4) is 0 Å². The lowest BCUT2D eigenvalue weighted by Crippen LogP contribution is -2.39. The molecule has 0 amide bonds. The summed E-state index contributed by atoms with van der Waals surface area (Å²) in [5.74, 6) is 1.78. The van der Waals surface area contributed by atoms with Gasteiger partial charge in [-0.15, -0.1) is 11.3 Å². The highest BCUT2D eigenvalue weighted by Gasteiger charge is 2.36. The molecular formula is C15H26N4S. The first-order valence-corrected chi connectivity index (χ1v) is 8.56. The van der Waals surface area contributed by atoms with Gasteiger partial charge in [-0.3, -0.25) is 0 Å². The molecule has 1 aliphatic rings. The molecule has 0 aliphatic heterocycles. The van der Waals surface area contributed by atoms with Crippen molar-refractivity contribution in [1.29, 1.82) is 0 Å². The van der Waals surface area contributed by atoms with E-state index in [9.17, 15) is 0 Å². The van der Waals surface area contributed by atoms with Gasteiger partial charge in [0, 0.05) is 23.7 Å². The van der Waals surface area contributed by atoms with Crippen molar-refractivity contribution in [2.75, 3.05) is 6.54 Å². The van der Waals surface area contributed by atoms with Crippen LogP contribution in [0, 0.1) is 5.92 Å². The normalized spacial score (nSPS) is 21.9. The topological polar surface area (TPSA) is 49.3 Å². The lowest BCUT2D eigenvalue weighted by atomic mass is 10.2. The molecule has 1 fully saturated rings. The predicted molar refractivity (Wildman–Crippen MR) is 86.2 cm³/mol. The number of aryl methyl sites for hydroxylation is 1. The van der Waals surface area contributed by atoms with Crippen molar-refractivity contribution in [1.82, 2.24) is 15.6 Å². The zero-order valence-electron chi connectivity index (χ0n) is 12.8. The molecule has 2 N–H and O–H groups in total. The number of guanidine groups is 1.